The topological polar surface area (TPSA) is 134 Å². The SMILES string of the molecule is CCS(=O)(=O)Nc1ccc(NC(=O)c2ccc(NC3=NS(=O)(=O)c4ccccc43)cc2)cc1. The van der Waals surface area contributed by atoms with Crippen LogP contribution in [0.4, 0.5) is 17.1 Å². The predicted molar refractivity (Wildman–Crippen MR) is 128 cm³/mol. The third kappa shape index (κ3) is 5.04. The Balaban J connectivity index is 1.42. The van der Waals surface area contributed by atoms with Gasteiger partial charge in [-0.3, -0.25) is 9.52 Å². The van der Waals surface area contributed by atoms with E-state index in [1.54, 1.807) is 73.7 Å². The number of fused-ring (bicyclic) bond motifs is 1. The van der Waals surface area contributed by atoms with E-state index in [0.717, 1.165) is 0 Å². The number of amides is 1. The van der Waals surface area contributed by atoms with E-state index in [0.29, 0.717) is 28.2 Å². The van der Waals surface area contributed by atoms with Gasteiger partial charge in [-0.1, -0.05) is 12.1 Å². The minimum atomic E-state index is -3.72. The van der Waals surface area contributed by atoms with Crippen LogP contribution in [0.25, 0.3) is 0 Å². The zero-order valence-electron chi connectivity index (χ0n) is 17.4. The van der Waals surface area contributed by atoms with Crippen molar-refractivity contribution < 1.29 is 21.6 Å². The summed E-state index contributed by atoms with van der Waals surface area (Å²) in [6.07, 6.45) is 0. The van der Waals surface area contributed by atoms with Gasteiger partial charge in [-0.2, -0.15) is 8.42 Å². The first-order chi connectivity index (χ1) is 15.7. The molecule has 3 aromatic carbocycles. The Labute approximate surface area is 191 Å². The quantitative estimate of drug-likeness (QED) is 0.492. The molecular formula is C22H20N4O5S2. The van der Waals surface area contributed by atoms with Crippen LogP contribution in [0, 0.1) is 0 Å². The molecule has 3 N–H and O–H groups in total. The number of anilines is 3. The highest BCUT2D eigenvalue weighted by atomic mass is 32.2. The smallest absolute Gasteiger partial charge is 0.285 e. The van der Waals surface area contributed by atoms with Gasteiger partial charge in [0.2, 0.25) is 10.0 Å². The van der Waals surface area contributed by atoms with Crippen LogP contribution in [0.5, 0.6) is 0 Å². The number of nitrogens with zero attached hydrogens (tertiary/aromatic N) is 1. The van der Waals surface area contributed by atoms with Crippen LogP contribution in [-0.2, 0) is 20.0 Å². The van der Waals surface area contributed by atoms with Crippen LogP contribution in [0.1, 0.15) is 22.8 Å². The van der Waals surface area contributed by atoms with Gasteiger partial charge in [-0.05, 0) is 67.6 Å². The Morgan fingerprint density at radius 3 is 2.15 bits per heavy atom. The molecule has 33 heavy (non-hydrogen) atoms. The van der Waals surface area contributed by atoms with E-state index in [1.807, 2.05) is 0 Å². The van der Waals surface area contributed by atoms with Gasteiger partial charge in [0.25, 0.3) is 15.9 Å². The van der Waals surface area contributed by atoms with Crippen molar-refractivity contribution >= 4 is 48.9 Å². The average molecular weight is 485 g/mol. The molecule has 0 aromatic heterocycles. The molecule has 1 heterocycles. The first-order valence-electron chi connectivity index (χ1n) is 9.90. The van der Waals surface area contributed by atoms with Gasteiger partial charge < -0.3 is 10.6 Å². The first-order valence-corrected chi connectivity index (χ1v) is 13.0. The number of amidine groups is 1. The molecule has 0 bridgehead atoms. The maximum absolute atomic E-state index is 12.5. The Kier molecular flexibility index (Phi) is 5.91. The molecule has 4 rings (SSSR count). The number of carbonyl (C=O) groups excluding carboxylic acids is 1. The predicted octanol–water partition coefficient (Wildman–Crippen LogP) is 3.26. The van der Waals surface area contributed by atoms with Gasteiger partial charge in [0.05, 0.1) is 5.75 Å². The molecule has 1 aliphatic heterocycles. The molecule has 1 aliphatic rings. The largest absolute Gasteiger partial charge is 0.339 e. The highest BCUT2D eigenvalue weighted by Gasteiger charge is 2.28. The van der Waals surface area contributed by atoms with Gasteiger partial charge in [0.15, 0.2) is 5.84 Å². The van der Waals surface area contributed by atoms with Crippen LogP contribution in [-0.4, -0.2) is 34.3 Å². The number of hydrogen-bond donors (Lipinski definition) is 3. The normalized spacial score (nSPS) is 14.2. The van der Waals surface area contributed by atoms with Gasteiger partial charge in [-0.25, -0.2) is 8.42 Å². The molecule has 0 saturated carbocycles. The van der Waals surface area contributed by atoms with Gasteiger partial charge in [0.1, 0.15) is 4.90 Å². The standard InChI is InChI=1S/C22H20N4O5S2/c1-2-32(28,29)25-18-13-11-17(12-14-18)24-22(27)15-7-9-16(10-8-15)23-21-19-5-3-4-6-20(19)33(30,31)26-21/h3-14,25H,2H2,1H3,(H,23,26)(H,24,27). The van der Waals surface area contributed by atoms with Crippen molar-refractivity contribution in [3.05, 3.63) is 83.9 Å². The van der Waals surface area contributed by atoms with Gasteiger partial charge in [-0.15, -0.1) is 4.40 Å². The minimum Gasteiger partial charge on any atom is -0.339 e. The third-order valence-corrected chi connectivity index (χ3v) is 7.48. The van der Waals surface area contributed by atoms with E-state index in [4.69, 9.17) is 0 Å². The summed E-state index contributed by atoms with van der Waals surface area (Å²) in [7, 11) is -7.09. The monoisotopic (exact) mass is 484 g/mol. The number of hydrogen-bond acceptors (Lipinski definition) is 6. The summed E-state index contributed by atoms with van der Waals surface area (Å²) in [6, 6.07) is 19.3. The zero-order chi connectivity index (χ0) is 23.6. The van der Waals surface area contributed by atoms with Crippen LogP contribution in [0.2, 0.25) is 0 Å². The summed E-state index contributed by atoms with van der Waals surface area (Å²) in [5, 5.41) is 5.72. The van der Waals surface area contributed by atoms with Crippen molar-refractivity contribution in [2.45, 2.75) is 11.8 Å². The fourth-order valence-electron chi connectivity index (χ4n) is 3.11. The van der Waals surface area contributed by atoms with Gasteiger partial charge in [0, 0.05) is 28.2 Å². The van der Waals surface area contributed by atoms with E-state index in [1.165, 1.54) is 6.07 Å². The van der Waals surface area contributed by atoms with Crippen molar-refractivity contribution in [3.8, 4) is 0 Å². The molecule has 1 amide bonds. The Bertz CT molecular complexity index is 1450. The summed E-state index contributed by atoms with van der Waals surface area (Å²) in [5.41, 5.74) is 2.36. The molecule has 0 radical (unpaired) electrons. The fraction of sp³-hybridized carbons (Fsp3) is 0.0909. The second kappa shape index (κ2) is 8.68. The lowest BCUT2D eigenvalue weighted by Crippen LogP contribution is -2.15. The Morgan fingerprint density at radius 2 is 1.48 bits per heavy atom. The third-order valence-electron chi connectivity index (χ3n) is 4.84. The molecule has 0 unspecified atom stereocenters. The van der Waals surface area contributed by atoms with Crippen molar-refractivity contribution in [1.29, 1.82) is 0 Å². The molecule has 3 aromatic rings. The summed E-state index contributed by atoms with van der Waals surface area (Å²) >= 11 is 0. The fourth-order valence-corrected chi connectivity index (χ4v) is 4.93. The van der Waals surface area contributed by atoms with E-state index in [2.05, 4.69) is 19.8 Å². The van der Waals surface area contributed by atoms with E-state index in [-0.39, 0.29) is 22.4 Å². The summed E-state index contributed by atoms with van der Waals surface area (Å²) in [4.78, 5) is 12.7. The molecule has 0 aliphatic carbocycles. The second-order valence-electron chi connectivity index (χ2n) is 7.15. The summed E-state index contributed by atoms with van der Waals surface area (Å²) in [6.45, 7) is 1.54. The molecule has 0 fully saturated rings. The summed E-state index contributed by atoms with van der Waals surface area (Å²) in [5.74, 6) is -0.164. The number of carbonyl (C=O) groups is 1. The average Bonchev–Trinajstić information content (AvgIpc) is 3.05. The van der Waals surface area contributed by atoms with Crippen LogP contribution in [0.3, 0.4) is 0 Å². The van der Waals surface area contributed by atoms with Gasteiger partial charge >= 0.3 is 0 Å². The first kappa shape index (κ1) is 22.5. The van der Waals surface area contributed by atoms with Crippen molar-refractivity contribution in [2.24, 2.45) is 4.40 Å². The molecule has 9 nitrogen and oxygen atoms in total. The molecular weight excluding hydrogens is 464 g/mol. The van der Waals surface area contributed by atoms with Crippen molar-refractivity contribution in [3.63, 3.8) is 0 Å². The molecule has 11 heteroatoms. The molecule has 170 valence electrons. The van der Waals surface area contributed by atoms with E-state index in [9.17, 15) is 21.6 Å². The Hall–Kier alpha value is -3.70. The molecule has 0 spiro atoms. The Morgan fingerprint density at radius 1 is 0.879 bits per heavy atom. The highest BCUT2D eigenvalue weighted by Crippen LogP contribution is 2.26. The van der Waals surface area contributed by atoms with Crippen LogP contribution < -0.4 is 15.4 Å². The lowest BCUT2D eigenvalue weighted by Gasteiger charge is -2.10. The maximum Gasteiger partial charge on any atom is 0.285 e. The molecule has 0 atom stereocenters. The molecule has 0 saturated heterocycles. The lowest BCUT2D eigenvalue weighted by molar-refractivity contribution is 0.102. The summed E-state index contributed by atoms with van der Waals surface area (Å²) < 4.78 is 53.8. The number of benzene rings is 3. The highest BCUT2D eigenvalue weighted by molar-refractivity contribution is 7.92. The maximum atomic E-state index is 12.5. The van der Waals surface area contributed by atoms with Crippen molar-refractivity contribution in [2.75, 3.05) is 21.1 Å². The second-order valence-corrected chi connectivity index (χ2v) is 10.7. The van der Waals surface area contributed by atoms with Crippen molar-refractivity contribution in [1.82, 2.24) is 0 Å². The van der Waals surface area contributed by atoms with Crippen LogP contribution >= 0.6 is 0 Å². The van der Waals surface area contributed by atoms with E-state index < -0.39 is 20.0 Å². The van der Waals surface area contributed by atoms with Crippen LogP contribution in [0.15, 0.2) is 82.1 Å². The lowest BCUT2D eigenvalue weighted by atomic mass is 10.1. The number of rotatable bonds is 6. The number of nitrogens with one attached hydrogen (secondary N) is 3. The number of sulfonamides is 2. The minimum absolute atomic E-state index is 0.0357. The zero-order valence-corrected chi connectivity index (χ0v) is 19.1. The van der Waals surface area contributed by atoms with E-state index >= 15 is 0 Å².